The number of carbonyl (C=O) groups is 2. The van der Waals surface area contributed by atoms with Crippen LogP contribution in [0.2, 0.25) is 5.02 Å². The highest BCUT2D eigenvalue weighted by molar-refractivity contribution is 6.32. The second-order valence-corrected chi connectivity index (χ2v) is 13.8. The third-order valence-electron chi connectivity index (χ3n) is 8.50. The molecular weight excluding hydrogens is 569 g/mol. The predicted octanol–water partition coefficient (Wildman–Crippen LogP) is 7.79. The average Bonchev–Trinajstić information content (AvgIpc) is 2.91. The number of Topliss-reactive ketones (excluding diaryl/α,β-unsaturated/α-hetero) is 2. The fourth-order valence-corrected chi connectivity index (χ4v) is 7.00. The van der Waals surface area contributed by atoms with E-state index < -0.39 is 5.92 Å². The van der Waals surface area contributed by atoms with E-state index >= 15 is 0 Å². The summed E-state index contributed by atoms with van der Waals surface area (Å²) >= 11 is 6.90. The van der Waals surface area contributed by atoms with E-state index in [-0.39, 0.29) is 34.8 Å². The Balaban J connectivity index is 1.66. The van der Waals surface area contributed by atoms with Crippen molar-refractivity contribution < 1.29 is 28.2 Å². The SMILES string of the molecule is CCOc1cc(C2C3=C(CC(C)(C)CC3=O)N(CCOC)C3=C2C(=O)CC(C)(C)C3)cc(Cl)c1OCc1ccc(F)cc1. The molecule has 2 aromatic carbocycles. The number of benzene rings is 2. The summed E-state index contributed by atoms with van der Waals surface area (Å²) < 4.78 is 31.0. The van der Waals surface area contributed by atoms with E-state index in [2.05, 4.69) is 32.6 Å². The van der Waals surface area contributed by atoms with Crippen molar-refractivity contribution in [1.82, 2.24) is 4.90 Å². The Morgan fingerprint density at radius 2 is 1.49 bits per heavy atom. The highest BCUT2D eigenvalue weighted by Gasteiger charge is 2.49. The van der Waals surface area contributed by atoms with Gasteiger partial charge in [-0.2, -0.15) is 0 Å². The minimum atomic E-state index is -0.557. The lowest BCUT2D eigenvalue weighted by molar-refractivity contribution is -0.119. The first-order chi connectivity index (χ1) is 20.3. The Bertz CT molecular complexity index is 1440. The summed E-state index contributed by atoms with van der Waals surface area (Å²) in [5.74, 6) is 0.0224. The molecule has 1 heterocycles. The molecule has 0 N–H and O–H groups in total. The molecule has 2 aliphatic carbocycles. The number of ether oxygens (including phenoxy) is 3. The zero-order valence-corrected chi connectivity index (χ0v) is 26.7. The van der Waals surface area contributed by atoms with Gasteiger partial charge in [-0.15, -0.1) is 0 Å². The Hall–Kier alpha value is -3.16. The first-order valence-electron chi connectivity index (χ1n) is 15.0. The maximum atomic E-state index is 14.0. The number of ketones is 2. The predicted molar refractivity (Wildman–Crippen MR) is 165 cm³/mol. The lowest BCUT2D eigenvalue weighted by Crippen LogP contribution is -2.45. The molecule has 230 valence electrons. The van der Waals surface area contributed by atoms with Crippen LogP contribution in [-0.4, -0.2) is 43.3 Å². The van der Waals surface area contributed by atoms with Gasteiger partial charge < -0.3 is 19.1 Å². The van der Waals surface area contributed by atoms with E-state index in [0.29, 0.717) is 73.1 Å². The molecule has 6 nitrogen and oxygen atoms in total. The minimum absolute atomic E-state index is 0.0496. The molecule has 0 bridgehead atoms. The summed E-state index contributed by atoms with van der Waals surface area (Å²) in [7, 11) is 1.67. The van der Waals surface area contributed by atoms with Crippen LogP contribution in [0.5, 0.6) is 11.5 Å². The van der Waals surface area contributed by atoms with Crippen LogP contribution >= 0.6 is 11.6 Å². The van der Waals surface area contributed by atoms with Crippen LogP contribution in [0.25, 0.3) is 0 Å². The normalized spacial score (nSPS) is 19.9. The van der Waals surface area contributed by atoms with Gasteiger partial charge in [0.05, 0.1) is 18.2 Å². The molecule has 3 aliphatic rings. The molecule has 8 heteroatoms. The van der Waals surface area contributed by atoms with Gasteiger partial charge in [0.1, 0.15) is 12.4 Å². The van der Waals surface area contributed by atoms with Crippen molar-refractivity contribution >= 4 is 23.2 Å². The number of nitrogens with zero attached hydrogens (tertiary/aromatic N) is 1. The lowest BCUT2D eigenvalue weighted by Gasteiger charge is -2.49. The maximum Gasteiger partial charge on any atom is 0.180 e. The molecule has 0 atom stereocenters. The van der Waals surface area contributed by atoms with Gasteiger partial charge >= 0.3 is 0 Å². The standard InChI is InChI=1S/C35H41ClFNO5/c1-7-42-29-15-22(14-24(36)33(29)43-20-21-8-10-23(37)11-9-21)30-31-25(16-34(2,3)18-27(31)39)38(12-13-41-6)26-17-35(4,5)19-28(40)32(26)30/h8-11,14-15,30H,7,12-13,16-20H2,1-6H3. The lowest BCUT2D eigenvalue weighted by atomic mass is 9.63. The fourth-order valence-electron chi connectivity index (χ4n) is 6.73. The van der Waals surface area contributed by atoms with Crippen LogP contribution in [0.4, 0.5) is 4.39 Å². The molecule has 0 saturated carbocycles. The van der Waals surface area contributed by atoms with E-state index in [0.717, 1.165) is 22.5 Å². The Labute approximate surface area is 258 Å². The molecular formula is C35H41ClFNO5. The maximum absolute atomic E-state index is 14.0. The molecule has 0 radical (unpaired) electrons. The molecule has 43 heavy (non-hydrogen) atoms. The van der Waals surface area contributed by atoms with Crippen LogP contribution in [0, 0.1) is 16.6 Å². The first-order valence-corrected chi connectivity index (χ1v) is 15.3. The molecule has 2 aromatic rings. The second-order valence-electron chi connectivity index (χ2n) is 13.4. The topological polar surface area (TPSA) is 65.1 Å². The van der Waals surface area contributed by atoms with Crippen LogP contribution in [0.15, 0.2) is 58.9 Å². The van der Waals surface area contributed by atoms with Gasteiger partial charge in [0.2, 0.25) is 0 Å². The molecule has 1 aliphatic heterocycles. The summed E-state index contributed by atoms with van der Waals surface area (Å²) in [6, 6.07) is 9.74. The molecule has 0 spiro atoms. The molecule has 0 amide bonds. The number of hydrogen-bond acceptors (Lipinski definition) is 6. The highest BCUT2D eigenvalue weighted by atomic mass is 35.5. The number of rotatable bonds is 9. The molecule has 0 unspecified atom stereocenters. The summed E-state index contributed by atoms with van der Waals surface area (Å²) in [5.41, 5.74) is 4.35. The van der Waals surface area contributed by atoms with E-state index in [1.165, 1.54) is 12.1 Å². The largest absolute Gasteiger partial charge is 0.490 e. The van der Waals surface area contributed by atoms with Gasteiger partial charge in [0.15, 0.2) is 23.1 Å². The van der Waals surface area contributed by atoms with Gasteiger partial charge in [-0.25, -0.2) is 4.39 Å². The van der Waals surface area contributed by atoms with Gasteiger partial charge in [0, 0.05) is 55.0 Å². The van der Waals surface area contributed by atoms with E-state index in [4.69, 9.17) is 25.8 Å². The number of allylic oxidation sites excluding steroid dienone is 4. The van der Waals surface area contributed by atoms with Crippen molar-refractivity contribution in [3.63, 3.8) is 0 Å². The van der Waals surface area contributed by atoms with Crippen molar-refractivity contribution in [3.8, 4) is 11.5 Å². The van der Waals surface area contributed by atoms with Crippen LogP contribution in [0.3, 0.4) is 0 Å². The quantitative estimate of drug-likeness (QED) is 0.289. The van der Waals surface area contributed by atoms with Gasteiger partial charge in [-0.05, 0) is 66.0 Å². The molecule has 0 fully saturated rings. The van der Waals surface area contributed by atoms with E-state index in [1.54, 1.807) is 25.3 Å². The van der Waals surface area contributed by atoms with Crippen LogP contribution in [0.1, 0.15) is 77.3 Å². The molecule has 0 aromatic heterocycles. The van der Waals surface area contributed by atoms with Gasteiger partial charge in [0.25, 0.3) is 0 Å². The molecule has 5 rings (SSSR count). The Morgan fingerprint density at radius 1 is 0.907 bits per heavy atom. The number of methoxy groups -OCH3 is 1. The monoisotopic (exact) mass is 609 g/mol. The zero-order valence-electron chi connectivity index (χ0n) is 25.9. The van der Waals surface area contributed by atoms with Crippen molar-refractivity contribution in [2.24, 2.45) is 10.8 Å². The van der Waals surface area contributed by atoms with Crippen molar-refractivity contribution in [2.75, 3.05) is 26.9 Å². The fraction of sp³-hybridized carbons (Fsp3) is 0.486. The highest BCUT2D eigenvalue weighted by Crippen LogP contribution is 2.55. The summed E-state index contributed by atoms with van der Waals surface area (Å²) in [5, 5.41) is 0.321. The van der Waals surface area contributed by atoms with Gasteiger partial charge in [-0.1, -0.05) is 51.4 Å². The van der Waals surface area contributed by atoms with Gasteiger partial charge in [-0.3, -0.25) is 9.59 Å². The Morgan fingerprint density at radius 3 is 2.02 bits per heavy atom. The zero-order chi connectivity index (χ0) is 31.1. The number of halogens is 2. The van der Waals surface area contributed by atoms with Crippen LogP contribution < -0.4 is 9.47 Å². The summed E-state index contributed by atoms with van der Waals surface area (Å²) in [6.45, 7) is 11.9. The second kappa shape index (κ2) is 12.1. The van der Waals surface area contributed by atoms with Crippen molar-refractivity contribution in [2.45, 2.75) is 72.8 Å². The number of hydrogen-bond donors (Lipinski definition) is 0. The Kier molecular flexibility index (Phi) is 8.79. The minimum Gasteiger partial charge on any atom is -0.490 e. The smallest absolute Gasteiger partial charge is 0.180 e. The molecule has 0 saturated heterocycles. The third-order valence-corrected chi connectivity index (χ3v) is 8.78. The van der Waals surface area contributed by atoms with Crippen LogP contribution in [-0.2, 0) is 20.9 Å². The van der Waals surface area contributed by atoms with Crippen molar-refractivity contribution in [3.05, 3.63) is 80.9 Å². The number of carbonyl (C=O) groups excluding carboxylic acids is 2. The van der Waals surface area contributed by atoms with Crippen molar-refractivity contribution in [1.29, 1.82) is 0 Å². The average molecular weight is 610 g/mol. The van der Waals surface area contributed by atoms with E-state index in [9.17, 15) is 14.0 Å². The third kappa shape index (κ3) is 6.39. The first kappa shape index (κ1) is 31.3. The summed E-state index contributed by atoms with van der Waals surface area (Å²) in [4.78, 5) is 30.3. The van der Waals surface area contributed by atoms with E-state index in [1.807, 2.05) is 13.0 Å². The summed E-state index contributed by atoms with van der Waals surface area (Å²) in [6.07, 6.45) is 2.22.